The maximum absolute atomic E-state index is 12.9. The molecule has 4 rings (SSSR count). The van der Waals surface area contributed by atoms with Crippen LogP contribution in [0.15, 0.2) is 33.9 Å². The van der Waals surface area contributed by atoms with Crippen molar-refractivity contribution in [3.05, 3.63) is 55.7 Å². The minimum absolute atomic E-state index is 0.337. The number of halogens is 1. The van der Waals surface area contributed by atoms with Crippen LogP contribution in [0.3, 0.4) is 0 Å². The molecule has 0 radical (unpaired) electrons. The number of fused-ring (bicyclic) bond motifs is 1. The molecule has 1 aromatic carbocycles. The van der Waals surface area contributed by atoms with Crippen molar-refractivity contribution in [2.45, 2.75) is 6.54 Å². The molecule has 1 aliphatic heterocycles. The Morgan fingerprint density at radius 3 is 2.41 bits per heavy atom. The number of hydrogen-bond acceptors (Lipinski definition) is 5. The van der Waals surface area contributed by atoms with Crippen LogP contribution in [0, 0.1) is 0 Å². The molecular formula is C18H21ClN6O2. The fraction of sp³-hybridized carbons (Fsp3) is 0.389. The second-order valence-electron chi connectivity index (χ2n) is 6.74. The van der Waals surface area contributed by atoms with Gasteiger partial charge in [-0.2, -0.15) is 4.98 Å². The fourth-order valence-electron chi connectivity index (χ4n) is 3.46. The maximum Gasteiger partial charge on any atom is 0.332 e. The number of anilines is 1. The zero-order valence-electron chi connectivity index (χ0n) is 15.3. The van der Waals surface area contributed by atoms with Crippen molar-refractivity contribution >= 4 is 28.7 Å². The van der Waals surface area contributed by atoms with Crippen LogP contribution in [0.2, 0.25) is 5.02 Å². The first kappa shape index (κ1) is 17.8. The molecular weight excluding hydrogens is 368 g/mol. The number of nitrogens with zero attached hydrogens (tertiary/aromatic N) is 5. The van der Waals surface area contributed by atoms with Gasteiger partial charge in [-0.3, -0.25) is 18.5 Å². The lowest BCUT2D eigenvalue weighted by Gasteiger charge is -2.28. The molecule has 3 heterocycles. The number of aromatic nitrogens is 4. The molecule has 1 aliphatic rings. The van der Waals surface area contributed by atoms with Gasteiger partial charge in [0.05, 0.1) is 6.54 Å². The highest BCUT2D eigenvalue weighted by Crippen LogP contribution is 2.22. The van der Waals surface area contributed by atoms with Crippen LogP contribution in [0.25, 0.3) is 11.2 Å². The standard InChI is InChI=1S/C18H21ClN6O2/c1-22-15-14(16(26)23(2)18(22)27)25(11-12-3-5-13(19)6-4-12)17(21-15)24-9-7-20-8-10-24/h3-6,20H,7-11H2,1-2H3. The molecule has 0 amide bonds. The van der Waals surface area contributed by atoms with Gasteiger partial charge in [0.25, 0.3) is 5.56 Å². The first-order valence-corrected chi connectivity index (χ1v) is 9.21. The van der Waals surface area contributed by atoms with Gasteiger partial charge >= 0.3 is 5.69 Å². The van der Waals surface area contributed by atoms with Crippen LogP contribution in [0.4, 0.5) is 5.95 Å². The van der Waals surface area contributed by atoms with E-state index in [2.05, 4.69) is 10.2 Å². The van der Waals surface area contributed by atoms with E-state index in [0.717, 1.165) is 36.3 Å². The molecule has 1 N–H and O–H groups in total. The molecule has 1 fully saturated rings. The number of hydrogen-bond donors (Lipinski definition) is 1. The van der Waals surface area contributed by atoms with E-state index in [1.54, 1.807) is 7.05 Å². The van der Waals surface area contributed by atoms with Crippen LogP contribution < -0.4 is 21.5 Å². The molecule has 9 heteroatoms. The number of nitrogens with one attached hydrogen (secondary N) is 1. The summed E-state index contributed by atoms with van der Waals surface area (Å²) < 4.78 is 4.47. The zero-order valence-corrected chi connectivity index (χ0v) is 16.0. The van der Waals surface area contributed by atoms with Crippen LogP contribution in [-0.2, 0) is 20.6 Å². The number of benzene rings is 1. The number of aryl methyl sites for hydroxylation is 1. The molecule has 1 saturated heterocycles. The summed E-state index contributed by atoms with van der Waals surface area (Å²) >= 11 is 6.00. The highest BCUT2D eigenvalue weighted by atomic mass is 35.5. The number of piperazine rings is 1. The van der Waals surface area contributed by atoms with Gasteiger partial charge in [-0.15, -0.1) is 0 Å². The zero-order chi connectivity index (χ0) is 19.1. The summed E-state index contributed by atoms with van der Waals surface area (Å²) in [6.07, 6.45) is 0. The third-order valence-corrected chi connectivity index (χ3v) is 5.23. The van der Waals surface area contributed by atoms with Crippen molar-refractivity contribution in [2.75, 3.05) is 31.1 Å². The van der Waals surface area contributed by atoms with E-state index >= 15 is 0 Å². The van der Waals surface area contributed by atoms with Gasteiger partial charge in [0, 0.05) is 45.3 Å². The average Bonchev–Trinajstić information content (AvgIpc) is 3.06. The summed E-state index contributed by atoms with van der Waals surface area (Å²) in [5, 5.41) is 3.98. The Hall–Kier alpha value is -2.58. The van der Waals surface area contributed by atoms with Crippen LogP contribution >= 0.6 is 11.6 Å². The predicted octanol–water partition coefficient (Wildman–Crippen LogP) is 0.545. The van der Waals surface area contributed by atoms with Gasteiger partial charge < -0.3 is 10.2 Å². The van der Waals surface area contributed by atoms with E-state index in [4.69, 9.17) is 16.6 Å². The van der Waals surface area contributed by atoms with E-state index < -0.39 is 0 Å². The van der Waals surface area contributed by atoms with Gasteiger partial charge in [0.2, 0.25) is 5.95 Å². The van der Waals surface area contributed by atoms with Gasteiger partial charge in [-0.1, -0.05) is 23.7 Å². The molecule has 8 nitrogen and oxygen atoms in total. The highest BCUT2D eigenvalue weighted by molar-refractivity contribution is 6.30. The lowest BCUT2D eigenvalue weighted by molar-refractivity contribution is 0.571. The van der Waals surface area contributed by atoms with Gasteiger partial charge in [0.1, 0.15) is 0 Å². The topological polar surface area (TPSA) is 77.1 Å². The first-order chi connectivity index (χ1) is 13.0. The van der Waals surface area contributed by atoms with Crippen molar-refractivity contribution in [1.29, 1.82) is 0 Å². The van der Waals surface area contributed by atoms with E-state index in [-0.39, 0.29) is 11.2 Å². The van der Waals surface area contributed by atoms with E-state index in [1.165, 1.54) is 11.6 Å². The van der Waals surface area contributed by atoms with Gasteiger partial charge in [-0.05, 0) is 17.7 Å². The Morgan fingerprint density at radius 2 is 1.74 bits per heavy atom. The molecule has 142 valence electrons. The molecule has 0 bridgehead atoms. The van der Waals surface area contributed by atoms with Crippen molar-refractivity contribution in [1.82, 2.24) is 24.0 Å². The van der Waals surface area contributed by atoms with Crippen LogP contribution in [0.1, 0.15) is 5.56 Å². The van der Waals surface area contributed by atoms with Crippen molar-refractivity contribution in [3.8, 4) is 0 Å². The SMILES string of the molecule is Cn1c(=O)c2c(nc(N3CCNCC3)n2Cc2ccc(Cl)cc2)n(C)c1=O. The Kier molecular flexibility index (Phi) is 4.53. The second-order valence-corrected chi connectivity index (χ2v) is 7.18. The molecule has 0 aliphatic carbocycles. The summed E-state index contributed by atoms with van der Waals surface area (Å²) in [7, 11) is 3.14. The first-order valence-electron chi connectivity index (χ1n) is 8.83. The van der Waals surface area contributed by atoms with Gasteiger partial charge in [-0.25, -0.2) is 4.79 Å². The van der Waals surface area contributed by atoms with Crippen molar-refractivity contribution in [2.24, 2.45) is 14.1 Å². The third kappa shape index (κ3) is 3.04. The van der Waals surface area contributed by atoms with E-state index in [0.29, 0.717) is 28.7 Å². The van der Waals surface area contributed by atoms with Crippen LogP contribution in [-0.4, -0.2) is 44.9 Å². The number of rotatable bonds is 3. The third-order valence-electron chi connectivity index (χ3n) is 4.98. The highest BCUT2D eigenvalue weighted by Gasteiger charge is 2.23. The average molecular weight is 389 g/mol. The van der Waals surface area contributed by atoms with Crippen molar-refractivity contribution < 1.29 is 0 Å². The molecule has 27 heavy (non-hydrogen) atoms. The monoisotopic (exact) mass is 388 g/mol. The molecule has 0 saturated carbocycles. The maximum atomic E-state index is 12.9. The van der Waals surface area contributed by atoms with Crippen molar-refractivity contribution in [3.63, 3.8) is 0 Å². The molecule has 0 unspecified atom stereocenters. The molecule has 2 aromatic heterocycles. The summed E-state index contributed by atoms with van der Waals surface area (Å²) in [5.74, 6) is 0.708. The normalized spacial score (nSPS) is 14.9. The fourth-order valence-corrected chi connectivity index (χ4v) is 3.59. The summed E-state index contributed by atoms with van der Waals surface area (Å²) in [4.78, 5) is 32.1. The molecule has 3 aromatic rings. The molecule has 0 atom stereocenters. The smallest absolute Gasteiger partial charge is 0.332 e. The Bertz CT molecular complexity index is 1110. The van der Waals surface area contributed by atoms with Gasteiger partial charge in [0.15, 0.2) is 11.2 Å². The van der Waals surface area contributed by atoms with Crippen LogP contribution in [0.5, 0.6) is 0 Å². The predicted molar refractivity (Wildman–Crippen MR) is 106 cm³/mol. The quantitative estimate of drug-likeness (QED) is 0.709. The second kappa shape index (κ2) is 6.86. The van der Waals surface area contributed by atoms with E-state index in [1.807, 2.05) is 28.8 Å². The lowest BCUT2D eigenvalue weighted by atomic mass is 10.2. The van der Waals surface area contributed by atoms with E-state index in [9.17, 15) is 9.59 Å². The largest absolute Gasteiger partial charge is 0.340 e. The number of imidazole rings is 1. The lowest BCUT2D eigenvalue weighted by Crippen LogP contribution is -2.44. The Morgan fingerprint density at radius 1 is 1.07 bits per heavy atom. The minimum atomic E-state index is -0.379. The summed E-state index contributed by atoms with van der Waals surface area (Å²) in [6, 6.07) is 7.52. The molecule has 0 spiro atoms. The summed E-state index contributed by atoms with van der Waals surface area (Å²) in [5.41, 5.74) is 1.13. The minimum Gasteiger partial charge on any atom is -0.340 e. The Balaban J connectivity index is 1.95. The Labute approximate surface area is 160 Å². The summed E-state index contributed by atoms with van der Waals surface area (Å²) in [6.45, 7) is 3.75.